The lowest BCUT2D eigenvalue weighted by atomic mass is 9.96. The van der Waals surface area contributed by atoms with E-state index in [1.807, 2.05) is 12.1 Å². The fourth-order valence-electron chi connectivity index (χ4n) is 2.16. The van der Waals surface area contributed by atoms with Crippen molar-refractivity contribution in [1.29, 1.82) is 0 Å². The van der Waals surface area contributed by atoms with Crippen LogP contribution in [0.3, 0.4) is 0 Å². The Balaban J connectivity index is 2.07. The van der Waals surface area contributed by atoms with Gasteiger partial charge in [0.2, 0.25) is 11.7 Å². The molecule has 0 bridgehead atoms. The molecule has 21 heavy (non-hydrogen) atoms. The average molecular weight is 281 g/mol. The fraction of sp³-hybridized carbons (Fsp3) is 0.0667. The van der Waals surface area contributed by atoms with Crippen molar-refractivity contribution in [3.05, 3.63) is 53.5 Å². The monoisotopic (exact) mass is 281 g/mol. The van der Waals surface area contributed by atoms with Crippen molar-refractivity contribution < 1.29 is 14.4 Å². The van der Waals surface area contributed by atoms with Gasteiger partial charge in [0.25, 0.3) is 0 Å². The van der Waals surface area contributed by atoms with Crippen LogP contribution in [0.5, 0.6) is 0 Å². The van der Waals surface area contributed by atoms with Gasteiger partial charge >= 0.3 is 0 Å². The lowest BCUT2D eigenvalue weighted by Gasteiger charge is -2.15. The van der Waals surface area contributed by atoms with E-state index >= 15 is 0 Å². The molecule has 2 aromatic heterocycles. The van der Waals surface area contributed by atoms with Crippen molar-refractivity contribution in [3.8, 4) is 11.4 Å². The number of amides is 1. The first-order chi connectivity index (χ1) is 10.1. The summed E-state index contributed by atoms with van der Waals surface area (Å²) >= 11 is 0. The fourth-order valence-corrected chi connectivity index (χ4v) is 2.16. The normalized spacial score (nSPS) is 13.7. The van der Waals surface area contributed by atoms with Gasteiger partial charge in [0, 0.05) is 19.2 Å². The van der Waals surface area contributed by atoms with Gasteiger partial charge in [0.1, 0.15) is 5.69 Å². The maximum absolute atomic E-state index is 12.3. The van der Waals surface area contributed by atoms with Crippen molar-refractivity contribution in [3.63, 3.8) is 0 Å². The van der Waals surface area contributed by atoms with Crippen molar-refractivity contribution in [1.82, 2.24) is 15.3 Å². The zero-order valence-electron chi connectivity index (χ0n) is 11.1. The number of nitrogens with one attached hydrogen (secondary N) is 2. The zero-order chi connectivity index (χ0) is 15.0. The van der Waals surface area contributed by atoms with Crippen LogP contribution in [0.1, 0.15) is 27.8 Å². The predicted molar refractivity (Wildman–Crippen MR) is 74.6 cm³/mol. The molecule has 0 unspecified atom stereocenters. The smallest absolute Gasteiger partial charge is 0.228 e. The molecule has 2 aromatic rings. The van der Waals surface area contributed by atoms with Gasteiger partial charge < -0.3 is 10.3 Å². The van der Waals surface area contributed by atoms with E-state index in [1.54, 1.807) is 18.3 Å². The maximum Gasteiger partial charge on any atom is 0.228 e. The number of ketones is 2. The number of hydrogen-bond donors (Lipinski definition) is 2. The molecule has 6 heteroatoms. The Hall–Kier alpha value is -3.02. The highest BCUT2D eigenvalue weighted by atomic mass is 16.2. The third-order valence-corrected chi connectivity index (χ3v) is 3.08. The molecule has 0 saturated heterocycles. The molecular weight excluding hydrogens is 270 g/mol. The SMILES string of the molecule is CC(=O)NC1=CC(=O)c2ccc(-c3ccc[nH]3)nc2C1=O. The van der Waals surface area contributed by atoms with Crippen LogP contribution in [0.4, 0.5) is 0 Å². The van der Waals surface area contributed by atoms with E-state index in [0.29, 0.717) is 5.69 Å². The molecule has 0 atom stereocenters. The van der Waals surface area contributed by atoms with Crippen LogP contribution in [0.15, 0.2) is 42.2 Å². The number of carbonyl (C=O) groups excluding carboxylic acids is 3. The lowest BCUT2D eigenvalue weighted by molar-refractivity contribution is -0.118. The van der Waals surface area contributed by atoms with E-state index in [0.717, 1.165) is 11.8 Å². The van der Waals surface area contributed by atoms with Crippen molar-refractivity contribution in [2.75, 3.05) is 0 Å². The number of fused-ring (bicyclic) bond motifs is 1. The Morgan fingerprint density at radius 3 is 2.71 bits per heavy atom. The summed E-state index contributed by atoms with van der Waals surface area (Å²) in [7, 11) is 0. The summed E-state index contributed by atoms with van der Waals surface area (Å²) in [5, 5.41) is 2.36. The molecule has 6 nitrogen and oxygen atoms in total. The molecule has 0 fully saturated rings. The number of hydrogen-bond acceptors (Lipinski definition) is 4. The van der Waals surface area contributed by atoms with E-state index < -0.39 is 11.7 Å². The van der Waals surface area contributed by atoms with E-state index in [1.165, 1.54) is 6.92 Å². The molecule has 2 heterocycles. The van der Waals surface area contributed by atoms with Crippen LogP contribution in [0, 0.1) is 0 Å². The maximum atomic E-state index is 12.3. The molecule has 0 aliphatic heterocycles. The second kappa shape index (κ2) is 4.82. The average Bonchev–Trinajstić information content (AvgIpc) is 2.97. The first-order valence-electron chi connectivity index (χ1n) is 6.29. The summed E-state index contributed by atoms with van der Waals surface area (Å²) in [6.07, 6.45) is 2.87. The minimum atomic E-state index is -0.465. The van der Waals surface area contributed by atoms with E-state index in [9.17, 15) is 14.4 Å². The highest BCUT2D eigenvalue weighted by Gasteiger charge is 2.28. The number of rotatable bonds is 2. The highest BCUT2D eigenvalue weighted by molar-refractivity contribution is 6.24. The van der Waals surface area contributed by atoms with Crippen molar-refractivity contribution in [2.45, 2.75) is 6.92 Å². The summed E-state index contributed by atoms with van der Waals surface area (Å²) in [5.74, 6) is -1.22. The number of aromatic amines is 1. The second-order valence-electron chi connectivity index (χ2n) is 4.61. The lowest BCUT2D eigenvalue weighted by Crippen LogP contribution is -2.30. The molecule has 0 radical (unpaired) electrons. The first-order valence-corrected chi connectivity index (χ1v) is 6.29. The Bertz CT molecular complexity index is 789. The van der Waals surface area contributed by atoms with Crippen molar-refractivity contribution in [2.24, 2.45) is 0 Å². The van der Waals surface area contributed by atoms with Crippen LogP contribution in [-0.2, 0) is 4.79 Å². The molecule has 3 rings (SSSR count). The standard InChI is InChI=1S/C15H11N3O3/c1-8(19)17-12-7-13(20)9-4-5-11(10-3-2-6-16-10)18-14(9)15(12)21/h2-7,16H,1H3,(H,17,19). The third kappa shape index (κ3) is 2.27. The summed E-state index contributed by atoms with van der Waals surface area (Å²) in [4.78, 5) is 42.6. The van der Waals surface area contributed by atoms with Crippen LogP contribution in [-0.4, -0.2) is 27.4 Å². The largest absolute Gasteiger partial charge is 0.360 e. The van der Waals surface area contributed by atoms with Gasteiger partial charge in [-0.25, -0.2) is 4.98 Å². The summed E-state index contributed by atoms with van der Waals surface area (Å²) < 4.78 is 0. The molecule has 104 valence electrons. The van der Waals surface area contributed by atoms with Gasteiger partial charge in [-0.1, -0.05) is 0 Å². The topological polar surface area (TPSA) is 91.9 Å². The number of allylic oxidation sites excluding steroid dienone is 2. The van der Waals surface area contributed by atoms with Crippen LogP contribution in [0.2, 0.25) is 0 Å². The van der Waals surface area contributed by atoms with Gasteiger partial charge in [-0.05, 0) is 24.3 Å². The number of H-pyrrole nitrogens is 1. The first kappa shape index (κ1) is 13.0. The minimum absolute atomic E-state index is 0.0452. The van der Waals surface area contributed by atoms with Gasteiger partial charge in [-0.2, -0.15) is 0 Å². The van der Waals surface area contributed by atoms with Crippen molar-refractivity contribution >= 4 is 17.5 Å². The zero-order valence-corrected chi connectivity index (χ0v) is 11.1. The van der Waals surface area contributed by atoms with Gasteiger partial charge in [0.05, 0.1) is 22.6 Å². The Morgan fingerprint density at radius 2 is 2.05 bits per heavy atom. The molecule has 2 N–H and O–H groups in total. The number of carbonyl (C=O) groups is 3. The summed E-state index contributed by atoms with van der Waals surface area (Å²) in [5.41, 5.74) is 1.55. The molecule has 1 aliphatic carbocycles. The molecule has 1 aliphatic rings. The second-order valence-corrected chi connectivity index (χ2v) is 4.61. The van der Waals surface area contributed by atoms with E-state index in [-0.39, 0.29) is 22.7 Å². The van der Waals surface area contributed by atoms with Crippen LogP contribution >= 0.6 is 0 Å². The van der Waals surface area contributed by atoms with E-state index in [4.69, 9.17) is 0 Å². The molecule has 1 amide bonds. The summed E-state index contributed by atoms with van der Waals surface area (Å²) in [6.45, 7) is 1.27. The third-order valence-electron chi connectivity index (χ3n) is 3.08. The Morgan fingerprint density at radius 1 is 1.24 bits per heavy atom. The quantitative estimate of drug-likeness (QED) is 0.872. The van der Waals surface area contributed by atoms with Crippen LogP contribution in [0.25, 0.3) is 11.4 Å². The van der Waals surface area contributed by atoms with Gasteiger partial charge in [0.15, 0.2) is 5.78 Å². The number of pyridine rings is 1. The number of aromatic nitrogens is 2. The summed E-state index contributed by atoms with van der Waals surface area (Å²) in [6, 6.07) is 6.87. The molecule has 0 aromatic carbocycles. The highest BCUT2D eigenvalue weighted by Crippen LogP contribution is 2.22. The Kier molecular flexibility index (Phi) is 2.98. The number of nitrogens with zero attached hydrogens (tertiary/aromatic N) is 1. The van der Waals surface area contributed by atoms with Gasteiger partial charge in [-0.3, -0.25) is 14.4 Å². The minimum Gasteiger partial charge on any atom is -0.360 e. The van der Waals surface area contributed by atoms with Crippen LogP contribution < -0.4 is 5.32 Å². The molecular formula is C15H11N3O3. The Labute approximate surface area is 119 Å². The molecule has 0 saturated carbocycles. The molecule has 0 spiro atoms. The number of Topliss-reactive ketones (excluding diaryl/α,β-unsaturated/α-hetero) is 1. The predicted octanol–water partition coefficient (Wildman–Crippen LogP) is 1.48. The van der Waals surface area contributed by atoms with Gasteiger partial charge in [-0.15, -0.1) is 0 Å². The van der Waals surface area contributed by atoms with E-state index in [2.05, 4.69) is 15.3 Å².